The van der Waals surface area contributed by atoms with Crippen molar-refractivity contribution in [1.82, 2.24) is 10.6 Å². The highest BCUT2D eigenvalue weighted by Gasteiger charge is 2.24. The van der Waals surface area contributed by atoms with Crippen molar-refractivity contribution >= 4 is 44.8 Å². The van der Waals surface area contributed by atoms with Crippen LogP contribution in [0.5, 0.6) is 0 Å². The number of halogens is 1. The van der Waals surface area contributed by atoms with E-state index >= 15 is 0 Å². The van der Waals surface area contributed by atoms with E-state index in [9.17, 15) is 9.59 Å². The van der Waals surface area contributed by atoms with Crippen LogP contribution in [0.25, 0.3) is 21.4 Å². The average Bonchev–Trinajstić information content (AvgIpc) is 3.41. The normalized spacial score (nSPS) is 11.9. The highest BCUT2D eigenvalue weighted by Crippen LogP contribution is 2.27. The van der Waals surface area contributed by atoms with Gasteiger partial charge in [0, 0.05) is 28.8 Å². The molecule has 0 spiro atoms. The van der Waals surface area contributed by atoms with Gasteiger partial charge in [-0.15, -0.1) is 11.3 Å². The first-order valence-corrected chi connectivity index (χ1v) is 10.6. The van der Waals surface area contributed by atoms with Crippen LogP contribution in [0.2, 0.25) is 5.02 Å². The van der Waals surface area contributed by atoms with Gasteiger partial charge in [-0.1, -0.05) is 29.8 Å². The Morgan fingerprint density at radius 1 is 1.07 bits per heavy atom. The van der Waals surface area contributed by atoms with Crippen molar-refractivity contribution in [3.05, 3.63) is 82.4 Å². The maximum Gasteiger partial charge on any atom is 0.287 e. The fourth-order valence-electron chi connectivity index (χ4n) is 3.25. The predicted molar refractivity (Wildman–Crippen MR) is 120 cm³/mol. The standard InChI is InChI=1S/C23H19ClN2O3S/c1-25-22(27)18(12-15-13-30-21-5-3-2-4-17(15)21)26-23(28)20-11-10-19(29-20)14-6-8-16(24)9-7-14/h2-11,13,18H,12H2,1H3,(H,25,27)(H,26,28). The van der Waals surface area contributed by atoms with Gasteiger partial charge in [0.2, 0.25) is 5.91 Å². The molecule has 0 bridgehead atoms. The molecule has 2 heterocycles. The smallest absolute Gasteiger partial charge is 0.287 e. The minimum atomic E-state index is -0.718. The Balaban J connectivity index is 1.53. The SMILES string of the molecule is CNC(=O)C(Cc1csc2ccccc12)NC(=O)c1ccc(-c2ccc(Cl)cc2)o1. The van der Waals surface area contributed by atoms with Crippen molar-refractivity contribution in [1.29, 1.82) is 0 Å². The second kappa shape index (κ2) is 8.73. The van der Waals surface area contributed by atoms with Crippen molar-refractivity contribution < 1.29 is 14.0 Å². The van der Waals surface area contributed by atoms with E-state index in [-0.39, 0.29) is 11.7 Å². The predicted octanol–water partition coefficient (Wildman–Crippen LogP) is 4.90. The Morgan fingerprint density at radius 2 is 1.83 bits per heavy atom. The lowest BCUT2D eigenvalue weighted by Gasteiger charge is -2.16. The molecule has 2 aromatic carbocycles. The molecule has 0 fully saturated rings. The summed E-state index contributed by atoms with van der Waals surface area (Å²) in [7, 11) is 1.55. The van der Waals surface area contributed by atoms with Gasteiger partial charge in [0.25, 0.3) is 5.91 Å². The number of thiophene rings is 1. The van der Waals surface area contributed by atoms with E-state index in [0.29, 0.717) is 17.2 Å². The van der Waals surface area contributed by atoms with Gasteiger partial charge < -0.3 is 15.1 Å². The molecular weight excluding hydrogens is 420 g/mol. The number of carbonyl (C=O) groups is 2. The fourth-order valence-corrected chi connectivity index (χ4v) is 4.35. The van der Waals surface area contributed by atoms with E-state index in [1.807, 2.05) is 41.8 Å². The number of benzene rings is 2. The summed E-state index contributed by atoms with van der Waals surface area (Å²) >= 11 is 7.54. The van der Waals surface area contributed by atoms with Gasteiger partial charge in [-0.2, -0.15) is 0 Å². The van der Waals surface area contributed by atoms with Crippen LogP contribution in [0.3, 0.4) is 0 Å². The van der Waals surface area contributed by atoms with Crippen molar-refractivity contribution in [3.63, 3.8) is 0 Å². The molecule has 0 aliphatic rings. The van der Waals surface area contributed by atoms with Crippen LogP contribution in [0, 0.1) is 0 Å². The Kier molecular flexibility index (Phi) is 5.88. The molecule has 2 amide bonds. The molecule has 0 aliphatic heterocycles. The Hall–Kier alpha value is -3.09. The second-order valence-electron chi connectivity index (χ2n) is 6.77. The third kappa shape index (κ3) is 4.25. The zero-order valence-electron chi connectivity index (χ0n) is 16.1. The molecule has 4 aromatic rings. The van der Waals surface area contributed by atoms with Crippen LogP contribution >= 0.6 is 22.9 Å². The van der Waals surface area contributed by atoms with E-state index in [1.54, 1.807) is 42.6 Å². The van der Waals surface area contributed by atoms with Gasteiger partial charge in [-0.25, -0.2) is 0 Å². The monoisotopic (exact) mass is 438 g/mol. The van der Waals surface area contributed by atoms with E-state index in [0.717, 1.165) is 21.2 Å². The number of fused-ring (bicyclic) bond motifs is 1. The van der Waals surface area contributed by atoms with E-state index in [2.05, 4.69) is 10.6 Å². The number of hydrogen-bond acceptors (Lipinski definition) is 4. The second-order valence-corrected chi connectivity index (χ2v) is 8.12. The Labute approximate surface area is 182 Å². The van der Waals surface area contributed by atoms with E-state index in [1.165, 1.54) is 0 Å². The lowest BCUT2D eigenvalue weighted by molar-refractivity contribution is -0.122. The first-order chi connectivity index (χ1) is 14.5. The van der Waals surface area contributed by atoms with Gasteiger partial charge in [0.1, 0.15) is 11.8 Å². The summed E-state index contributed by atoms with van der Waals surface area (Å²) in [6.45, 7) is 0. The zero-order chi connectivity index (χ0) is 21.1. The van der Waals surface area contributed by atoms with E-state index < -0.39 is 11.9 Å². The first-order valence-electron chi connectivity index (χ1n) is 9.38. The number of furan rings is 1. The number of carbonyl (C=O) groups excluding carboxylic acids is 2. The molecule has 7 heteroatoms. The van der Waals surface area contributed by atoms with Crippen LogP contribution in [0.1, 0.15) is 16.1 Å². The average molecular weight is 439 g/mol. The number of hydrogen-bond donors (Lipinski definition) is 2. The molecule has 1 atom stereocenters. The maximum absolute atomic E-state index is 12.8. The number of amides is 2. The molecule has 2 aromatic heterocycles. The van der Waals surface area contributed by atoms with Crippen molar-refractivity contribution in [2.45, 2.75) is 12.5 Å². The topological polar surface area (TPSA) is 71.3 Å². The molecule has 0 radical (unpaired) electrons. The van der Waals surface area contributed by atoms with Crippen LogP contribution in [0.15, 0.2) is 70.5 Å². The fraction of sp³-hybridized carbons (Fsp3) is 0.130. The quantitative estimate of drug-likeness (QED) is 0.449. The molecule has 2 N–H and O–H groups in total. The molecule has 30 heavy (non-hydrogen) atoms. The Bertz CT molecular complexity index is 1200. The van der Waals surface area contributed by atoms with Crippen LogP contribution in [-0.4, -0.2) is 24.9 Å². The summed E-state index contributed by atoms with van der Waals surface area (Å²) in [6, 6.07) is 17.8. The number of nitrogens with one attached hydrogen (secondary N) is 2. The molecule has 152 valence electrons. The number of rotatable bonds is 6. The minimum absolute atomic E-state index is 0.143. The molecular formula is C23H19ClN2O3S. The van der Waals surface area contributed by atoms with Crippen molar-refractivity contribution in [2.24, 2.45) is 0 Å². The van der Waals surface area contributed by atoms with Crippen molar-refractivity contribution in [3.8, 4) is 11.3 Å². The van der Waals surface area contributed by atoms with Crippen LogP contribution in [0.4, 0.5) is 0 Å². The van der Waals surface area contributed by atoms with Gasteiger partial charge >= 0.3 is 0 Å². The molecule has 0 saturated heterocycles. The molecule has 4 rings (SSSR count). The maximum atomic E-state index is 12.8. The van der Waals surface area contributed by atoms with Gasteiger partial charge in [0.05, 0.1) is 0 Å². The van der Waals surface area contributed by atoms with Gasteiger partial charge in [0.15, 0.2) is 5.76 Å². The lowest BCUT2D eigenvalue weighted by Crippen LogP contribution is -2.46. The summed E-state index contributed by atoms with van der Waals surface area (Å²) < 4.78 is 6.85. The summed E-state index contributed by atoms with van der Waals surface area (Å²) in [4.78, 5) is 25.2. The minimum Gasteiger partial charge on any atom is -0.451 e. The lowest BCUT2D eigenvalue weighted by atomic mass is 10.0. The number of likely N-dealkylation sites (N-methyl/N-ethyl adjacent to an activating group) is 1. The summed E-state index contributed by atoms with van der Waals surface area (Å²) in [5, 5.41) is 9.17. The molecule has 0 saturated carbocycles. The highest BCUT2D eigenvalue weighted by molar-refractivity contribution is 7.17. The third-order valence-electron chi connectivity index (χ3n) is 4.81. The summed E-state index contributed by atoms with van der Waals surface area (Å²) in [5.74, 6) is -0.00683. The van der Waals surface area contributed by atoms with Gasteiger partial charge in [-0.3, -0.25) is 9.59 Å². The highest BCUT2D eigenvalue weighted by atomic mass is 35.5. The summed E-state index contributed by atoms with van der Waals surface area (Å²) in [6.07, 6.45) is 0.389. The summed E-state index contributed by atoms with van der Waals surface area (Å²) in [5.41, 5.74) is 1.83. The molecule has 0 aliphatic carbocycles. The molecule has 1 unspecified atom stereocenters. The van der Waals surface area contributed by atoms with Crippen LogP contribution < -0.4 is 10.6 Å². The Morgan fingerprint density at radius 3 is 2.60 bits per heavy atom. The van der Waals surface area contributed by atoms with Crippen molar-refractivity contribution in [2.75, 3.05) is 7.05 Å². The largest absolute Gasteiger partial charge is 0.451 e. The zero-order valence-corrected chi connectivity index (χ0v) is 17.7. The third-order valence-corrected chi connectivity index (χ3v) is 6.08. The van der Waals surface area contributed by atoms with Crippen LogP contribution in [-0.2, 0) is 11.2 Å². The first kappa shape index (κ1) is 20.2. The van der Waals surface area contributed by atoms with E-state index in [4.69, 9.17) is 16.0 Å². The molecule has 5 nitrogen and oxygen atoms in total. The van der Waals surface area contributed by atoms with Gasteiger partial charge in [-0.05, 0) is 58.8 Å².